The molecule has 1 N–H and O–H groups in total. The van der Waals surface area contributed by atoms with Crippen molar-refractivity contribution in [3.05, 3.63) is 58.7 Å². The number of esters is 1. The molecule has 1 fully saturated rings. The second-order valence-electron chi connectivity index (χ2n) is 7.78. The van der Waals surface area contributed by atoms with Crippen LogP contribution in [0.1, 0.15) is 40.0 Å². The summed E-state index contributed by atoms with van der Waals surface area (Å²) in [5.74, 6) is -3.10. The van der Waals surface area contributed by atoms with Gasteiger partial charge in [0.05, 0.1) is 24.4 Å². The highest BCUT2D eigenvalue weighted by Crippen LogP contribution is 2.31. The van der Waals surface area contributed by atoms with Gasteiger partial charge in [-0.25, -0.2) is 18.1 Å². The van der Waals surface area contributed by atoms with Crippen LogP contribution in [0.15, 0.2) is 57.8 Å². The van der Waals surface area contributed by atoms with E-state index in [1.54, 1.807) is 30.2 Å². The summed E-state index contributed by atoms with van der Waals surface area (Å²) < 4.78 is 56.1. The molecule has 1 saturated heterocycles. The Morgan fingerprint density at radius 2 is 2.06 bits per heavy atom. The molecule has 198 valence electrons. The maximum absolute atomic E-state index is 12.6. The fourth-order valence-electron chi connectivity index (χ4n) is 3.48. The number of halogens is 4. The molecular formula is C24H30ClF3N4O3S. The van der Waals surface area contributed by atoms with Crippen molar-refractivity contribution in [2.75, 3.05) is 19.7 Å². The number of nitrogens with one attached hydrogen (secondary N) is 1. The molecule has 0 aromatic heterocycles. The number of rotatable bonds is 6. The van der Waals surface area contributed by atoms with E-state index in [0.717, 1.165) is 5.71 Å². The van der Waals surface area contributed by atoms with E-state index in [1.165, 1.54) is 18.6 Å². The van der Waals surface area contributed by atoms with Crippen molar-refractivity contribution in [1.82, 2.24) is 9.62 Å². The van der Waals surface area contributed by atoms with E-state index in [1.807, 2.05) is 6.08 Å². The van der Waals surface area contributed by atoms with E-state index in [2.05, 4.69) is 28.6 Å². The first-order valence-corrected chi connectivity index (χ1v) is 13.1. The monoisotopic (exact) mass is 546 g/mol. The SMILES string of the molecule is CCC.CCOC(=O)C1=C2CC(NS(=O)C(F)F)CN2C(C2=NC=CC2)=NC1.Fc1cccc(Cl)c1. The molecule has 12 heteroatoms. The molecule has 2 unspecified atom stereocenters. The quantitative estimate of drug-likeness (QED) is 0.508. The molecule has 36 heavy (non-hydrogen) atoms. The van der Waals surface area contributed by atoms with Crippen LogP contribution < -0.4 is 4.72 Å². The van der Waals surface area contributed by atoms with Crippen molar-refractivity contribution < 1.29 is 26.9 Å². The van der Waals surface area contributed by atoms with Gasteiger partial charge in [-0.1, -0.05) is 44.0 Å². The Hall–Kier alpha value is -2.50. The first-order chi connectivity index (χ1) is 17.2. The third-order valence-electron chi connectivity index (χ3n) is 4.82. The number of aliphatic imine (C=N–C) groups is 2. The van der Waals surface area contributed by atoms with Crippen LogP contribution in [0.4, 0.5) is 13.2 Å². The van der Waals surface area contributed by atoms with Crippen LogP contribution in [-0.2, 0) is 20.5 Å². The Kier molecular flexibility index (Phi) is 12.3. The van der Waals surface area contributed by atoms with E-state index in [-0.39, 0.29) is 25.5 Å². The normalized spacial score (nSPS) is 19.0. The standard InChI is InChI=1S/C15H18F2N4O3S.C6H4ClF.C3H8/c1-2-24-14(22)10-7-19-13(11-4-3-5-18-11)21-8-9(6-12(10)21)20-25(23)15(16)17;7-5-2-1-3-6(8)4-5;1-3-2/h3,5,9,15,20H,2,4,6-8H2,1H3;1-4H;3H2,1-2H3. The maximum Gasteiger partial charge on any atom is 0.337 e. The second kappa shape index (κ2) is 14.9. The lowest BCUT2D eigenvalue weighted by atomic mass is 10.1. The van der Waals surface area contributed by atoms with Crippen LogP contribution in [-0.4, -0.2) is 58.1 Å². The molecular weight excluding hydrogens is 517 g/mol. The zero-order chi connectivity index (χ0) is 26.7. The number of fused-ring (bicyclic) bond motifs is 1. The van der Waals surface area contributed by atoms with Crippen LogP contribution in [0, 0.1) is 5.82 Å². The summed E-state index contributed by atoms with van der Waals surface area (Å²) in [6.45, 7) is 6.64. The molecule has 0 radical (unpaired) electrons. The van der Waals surface area contributed by atoms with Crippen molar-refractivity contribution in [2.45, 2.75) is 51.8 Å². The van der Waals surface area contributed by atoms with Gasteiger partial charge in [-0.05, 0) is 25.1 Å². The van der Waals surface area contributed by atoms with Crippen molar-refractivity contribution in [2.24, 2.45) is 9.98 Å². The molecule has 0 bridgehead atoms. The predicted octanol–water partition coefficient (Wildman–Crippen LogP) is 5.02. The number of carbonyl (C=O) groups excluding carboxylic acids is 1. The van der Waals surface area contributed by atoms with E-state index in [9.17, 15) is 22.2 Å². The van der Waals surface area contributed by atoms with Crippen LogP contribution in [0.5, 0.6) is 0 Å². The highest BCUT2D eigenvalue weighted by Gasteiger charge is 2.39. The Morgan fingerprint density at radius 1 is 1.33 bits per heavy atom. The lowest BCUT2D eigenvalue weighted by molar-refractivity contribution is -0.138. The molecule has 1 aromatic rings. The molecule has 3 heterocycles. The van der Waals surface area contributed by atoms with Gasteiger partial charge in [0, 0.05) is 42.3 Å². The number of hydrogen-bond donors (Lipinski definition) is 1. The number of carbonyl (C=O) groups is 1. The number of nitrogens with zero attached hydrogens (tertiary/aromatic N) is 3. The third kappa shape index (κ3) is 8.56. The Morgan fingerprint density at radius 3 is 2.58 bits per heavy atom. The molecule has 7 nitrogen and oxygen atoms in total. The van der Waals surface area contributed by atoms with E-state index >= 15 is 0 Å². The highest BCUT2D eigenvalue weighted by atomic mass is 35.5. The highest BCUT2D eigenvalue weighted by molar-refractivity contribution is 7.83. The minimum Gasteiger partial charge on any atom is -0.463 e. The summed E-state index contributed by atoms with van der Waals surface area (Å²) in [4.78, 5) is 22.7. The van der Waals surface area contributed by atoms with Crippen LogP contribution in [0.25, 0.3) is 0 Å². The Labute approximate surface area is 216 Å². The summed E-state index contributed by atoms with van der Waals surface area (Å²) in [7, 11) is -2.44. The minimum absolute atomic E-state index is 0.156. The van der Waals surface area contributed by atoms with Gasteiger partial charge in [0.2, 0.25) is 0 Å². The fraction of sp³-hybridized carbons (Fsp3) is 0.458. The Balaban J connectivity index is 0.000000345. The molecule has 3 aliphatic heterocycles. The van der Waals surface area contributed by atoms with Gasteiger partial charge in [-0.2, -0.15) is 8.78 Å². The number of ether oxygens (including phenoxy) is 1. The third-order valence-corrected chi connectivity index (χ3v) is 5.94. The van der Waals surface area contributed by atoms with Crippen molar-refractivity contribution in [3.8, 4) is 0 Å². The Bertz CT molecular complexity index is 1050. The maximum atomic E-state index is 12.6. The summed E-state index contributed by atoms with van der Waals surface area (Å²) in [5, 5.41) is 0.435. The van der Waals surface area contributed by atoms with Crippen molar-refractivity contribution in [3.63, 3.8) is 0 Å². The topological polar surface area (TPSA) is 83.4 Å². The van der Waals surface area contributed by atoms with Gasteiger partial charge < -0.3 is 9.64 Å². The number of amidine groups is 1. The van der Waals surface area contributed by atoms with Crippen LogP contribution in [0.2, 0.25) is 5.02 Å². The lowest BCUT2D eigenvalue weighted by Gasteiger charge is -2.28. The van der Waals surface area contributed by atoms with E-state index in [4.69, 9.17) is 16.3 Å². The van der Waals surface area contributed by atoms with Gasteiger partial charge in [0.15, 0.2) is 16.8 Å². The van der Waals surface area contributed by atoms with Crippen LogP contribution >= 0.6 is 11.6 Å². The number of hydrogen-bond acceptors (Lipinski definition) is 6. The molecule has 0 saturated carbocycles. The number of allylic oxidation sites excluding steroid dienone is 1. The smallest absolute Gasteiger partial charge is 0.337 e. The predicted molar refractivity (Wildman–Crippen MR) is 137 cm³/mol. The fourth-order valence-corrected chi connectivity index (χ4v) is 4.25. The molecule has 0 aliphatic carbocycles. The van der Waals surface area contributed by atoms with Gasteiger partial charge in [0.25, 0.3) is 0 Å². The largest absolute Gasteiger partial charge is 0.463 e. The van der Waals surface area contributed by atoms with Crippen LogP contribution in [0.3, 0.4) is 0 Å². The first-order valence-electron chi connectivity index (χ1n) is 11.5. The minimum atomic E-state index is -2.97. The van der Waals surface area contributed by atoms with Gasteiger partial charge in [0.1, 0.15) is 5.82 Å². The zero-order valence-corrected chi connectivity index (χ0v) is 21.9. The molecule has 3 aliphatic rings. The summed E-state index contributed by atoms with van der Waals surface area (Å²) >= 11 is 5.40. The number of alkyl halides is 2. The lowest BCUT2D eigenvalue weighted by Crippen LogP contribution is -2.41. The zero-order valence-electron chi connectivity index (χ0n) is 20.3. The molecule has 0 spiro atoms. The summed E-state index contributed by atoms with van der Waals surface area (Å²) in [6.07, 6.45) is 5.74. The average molecular weight is 547 g/mol. The van der Waals surface area contributed by atoms with E-state index < -0.39 is 28.8 Å². The number of benzene rings is 1. The molecule has 2 atom stereocenters. The van der Waals surface area contributed by atoms with E-state index in [0.29, 0.717) is 35.0 Å². The second-order valence-corrected chi connectivity index (χ2v) is 9.41. The van der Waals surface area contributed by atoms with Gasteiger partial charge in [-0.15, -0.1) is 0 Å². The summed E-state index contributed by atoms with van der Waals surface area (Å²) in [6, 6.07) is 5.34. The van der Waals surface area contributed by atoms with Crippen molar-refractivity contribution >= 4 is 40.1 Å². The first kappa shape index (κ1) is 29.7. The average Bonchev–Trinajstić information content (AvgIpc) is 3.49. The molecule has 0 amide bonds. The summed E-state index contributed by atoms with van der Waals surface area (Å²) in [5.41, 5.74) is 1.84. The van der Waals surface area contributed by atoms with Gasteiger partial charge >= 0.3 is 11.7 Å². The molecule has 4 rings (SSSR count). The van der Waals surface area contributed by atoms with Gasteiger partial charge in [-0.3, -0.25) is 9.98 Å². The van der Waals surface area contributed by atoms with Crippen molar-refractivity contribution in [1.29, 1.82) is 0 Å². The molecule has 1 aromatic carbocycles.